The molecule has 1 heterocycles. The summed E-state index contributed by atoms with van der Waals surface area (Å²) in [6.07, 6.45) is 0. The van der Waals surface area contributed by atoms with Crippen LogP contribution >= 0.6 is 0 Å². The molecule has 0 radical (unpaired) electrons. The van der Waals surface area contributed by atoms with E-state index in [4.69, 9.17) is 9.73 Å². The van der Waals surface area contributed by atoms with Gasteiger partial charge in [-0.3, -0.25) is 9.80 Å². The number of benzene rings is 1. The van der Waals surface area contributed by atoms with E-state index in [-0.39, 0.29) is 0 Å². The highest BCUT2D eigenvalue weighted by Crippen LogP contribution is 2.11. The SMILES string of the molecule is CCNC(=NCc1cccc(CN2CCOCC2)c1)NCCN(C(C)C)C(C)C. The molecule has 0 unspecified atom stereocenters. The van der Waals surface area contributed by atoms with E-state index in [1.165, 1.54) is 11.1 Å². The summed E-state index contributed by atoms with van der Waals surface area (Å²) >= 11 is 0. The molecule has 6 nitrogen and oxygen atoms in total. The molecule has 1 aromatic rings. The zero-order valence-electron chi connectivity index (χ0n) is 19.1. The largest absolute Gasteiger partial charge is 0.379 e. The fourth-order valence-corrected chi connectivity index (χ4v) is 3.77. The van der Waals surface area contributed by atoms with Crippen LogP contribution in [-0.4, -0.2) is 73.8 Å². The van der Waals surface area contributed by atoms with Crippen molar-refractivity contribution in [2.45, 2.75) is 59.8 Å². The van der Waals surface area contributed by atoms with E-state index < -0.39 is 0 Å². The molecule has 164 valence electrons. The van der Waals surface area contributed by atoms with Crippen LogP contribution in [0.5, 0.6) is 0 Å². The van der Waals surface area contributed by atoms with Crippen LogP contribution < -0.4 is 10.6 Å². The van der Waals surface area contributed by atoms with E-state index in [0.717, 1.165) is 58.4 Å². The van der Waals surface area contributed by atoms with E-state index in [9.17, 15) is 0 Å². The molecule has 29 heavy (non-hydrogen) atoms. The van der Waals surface area contributed by atoms with E-state index in [0.29, 0.717) is 18.6 Å². The Morgan fingerprint density at radius 1 is 1.10 bits per heavy atom. The Morgan fingerprint density at radius 3 is 2.45 bits per heavy atom. The maximum absolute atomic E-state index is 5.45. The van der Waals surface area contributed by atoms with Gasteiger partial charge in [0.1, 0.15) is 0 Å². The van der Waals surface area contributed by atoms with Crippen molar-refractivity contribution in [1.82, 2.24) is 20.4 Å². The third kappa shape index (κ3) is 8.72. The van der Waals surface area contributed by atoms with Gasteiger partial charge in [-0.15, -0.1) is 0 Å². The number of nitrogens with zero attached hydrogens (tertiary/aromatic N) is 3. The van der Waals surface area contributed by atoms with Gasteiger partial charge in [0, 0.05) is 51.4 Å². The molecule has 1 fully saturated rings. The van der Waals surface area contributed by atoms with Crippen LogP contribution in [0, 0.1) is 0 Å². The van der Waals surface area contributed by atoms with Crippen LogP contribution in [0.15, 0.2) is 29.3 Å². The number of rotatable bonds is 10. The van der Waals surface area contributed by atoms with Crippen LogP contribution in [-0.2, 0) is 17.8 Å². The maximum atomic E-state index is 5.45. The second-order valence-corrected chi connectivity index (χ2v) is 8.26. The molecule has 0 amide bonds. The summed E-state index contributed by atoms with van der Waals surface area (Å²) in [5, 5.41) is 6.85. The van der Waals surface area contributed by atoms with Crippen LogP contribution in [0.1, 0.15) is 45.7 Å². The lowest BCUT2D eigenvalue weighted by molar-refractivity contribution is 0.0342. The van der Waals surface area contributed by atoms with Gasteiger partial charge in [-0.1, -0.05) is 24.3 Å². The smallest absolute Gasteiger partial charge is 0.191 e. The first kappa shape index (κ1) is 23.6. The van der Waals surface area contributed by atoms with Crippen molar-refractivity contribution in [2.75, 3.05) is 45.9 Å². The Kier molecular flexibility index (Phi) is 10.5. The normalized spacial score (nSPS) is 16.1. The maximum Gasteiger partial charge on any atom is 0.191 e. The molecule has 0 aromatic heterocycles. The van der Waals surface area contributed by atoms with E-state index in [1.54, 1.807) is 0 Å². The standard InChI is InChI=1S/C23H41N5O/c1-6-24-23(25-10-11-28(19(2)3)20(4)5)26-17-21-8-7-9-22(16-21)18-27-12-14-29-15-13-27/h7-9,16,19-20H,6,10-15,17-18H2,1-5H3,(H2,24,25,26). The van der Waals surface area contributed by atoms with Crippen molar-refractivity contribution >= 4 is 5.96 Å². The zero-order valence-corrected chi connectivity index (χ0v) is 19.1. The van der Waals surface area contributed by atoms with Crippen molar-refractivity contribution in [3.8, 4) is 0 Å². The molecule has 1 saturated heterocycles. The van der Waals surface area contributed by atoms with Gasteiger partial charge < -0.3 is 15.4 Å². The highest BCUT2D eigenvalue weighted by Gasteiger charge is 2.13. The van der Waals surface area contributed by atoms with Crippen LogP contribution in [0.3, 0.4) is 0 Å². The molecule has 0 saturated carbocycles. The van der Waals surface area contributed by atoms with Gasteiger partial charge in [0.2, 0.25) is 0 Å². The van der Waals surface area contributed by atoms with Crippen molar-refractivity contribution in [1.29, 1.82) is 0 Å². The van der Waals surface area contributed by atoms with Gasteiger partial charge in [0.15, 0.2) is 5.96 Å². The number of nitrogens with one attached hydrogen (secondary N) is 2. The summed E-state index contributed by atoms with van der Waals surface area (Å²) in [4.78, 5) is 9.74. The van der Waals surface area contributed by atoms with Gasteiger partial charge in [0.25, 0.3) is 0 Å². The summed E-state index contributed by atoms with van der Waals surface area (Å²) in [5.41, 5.74) is 2.60. The van der Waals surface area contributed by atoms with Gasteiger partial charge in [0.05, 0.1) is 19.8 Å². The molecule has 1 aromatic carbocycles. The van der Waals surface area contributed by atoms with Crippen molar-refractivity contribution in [3.63, 3.8) is 0 Å². The first-order valence-corrected chi connectivity index (χ1v) is 11.2. The summed E-state index contributed by atoms with van der Waals surface area (Å²) < 4.78 is 5.45. The van der Waals surface area contributed by atoms with E-state index in [1.807, 2.05) is 0 Å². The lowest BCUT2D eigenvalue weighted by atomic mass is 10.1. The molecule has 2 rings (SSSR count). The number of guanidine groups is 1. The Labute approximate surface area is 177 Å². The number of morpholine rings is 1. The Balaban J connectivity index is 1.89. The molecule has 0 bridgehead atoms. The zero-order chi connectivity index (χ0) is 21.1. The van der Waals surface area contributed by atoms with Gasteiger partial charge in [-0.25, -0.2) is 4.99 Å². The number of ether oxygens (including phenoxy) is 1. The third-order valence-electron chi connectivity index (χ3n) is 5.25. The predicted molar refractivity (Wildman–Crippen MR) is 122 cm³/mol. The fraction of sp³-hybridized carbons (Fsp3) is 0.696. The highest BCUT2D eigenvalue weighted by molar-refractivity contribution is 5.79. The first-order chi connectivity index (χ1) is 14.0. The number of hydrogen-bond donors (Lipinski definition) is 2. The van der Waals surface area contributed by atoms with Crippen LogP contribution in [0.2, 0.25) is 0 Å². The Hall–Kier alpha value is -1.63. The summed E-state index contributed by atoms with van der Waals surface area (Å²) in [6.45, 7) is 19.3. The lowest BCUT2D eigenvalue weighted by Crippen LogP contribution is -2.45. The quantitative estimate of drug-likeness (QED) is 0.465. The lowest BCUT2D eigenvalue weighted by Gasteiger charge is -2.30. The Morgan fingerprint density at radius 2 is 1.79 bits per heavy atom. The van der Waals surface area contributed by atoms with Crippen molar-refractivity contribution in [2.24, 2.45) is 4.99 Å². The summed E-state index contributed by atoms with van der Waals surface area (Å²) in [5.74, 6) is 0.888. The minimum Gasteiger partial charge on any atom is -0.379 e. The van der Waals surface area contributed by atoms with Crippen LogP contribution in [0.25, 0.3) is 0 Å². The highest BCUT2D eigenvalue weighted by atomic mass is 16.5. The van der Waals surface area contributed by atoms with Gasteiger partial charge in [-0.2, -0.15) is 0 Å². The molecule has 1 aliphatic heterocycles. The van der Waals surface area contributed by atoms with Gasteiger partial charge >= 0.3 is 0 Å². The second-order valence-electron chi connectivity index (χ2n) is 8.26. The summed E-state index contributed by atoms with van der Waals surface area (Å²) in [7, 11) is 0. The molecule has 0 aliphatic carbocycles. The minimum absolute atomic E-state index is 0.547. The average Bonchev–Trinajstić information content (AvgIpc) is 2.69. The molecular weight excluding hydrogens is 362 g/mol. The third-order valence-corrected chi connectivity index (χ3v) is 5.25. The van der Waals surface area contributed by atoms with E-state index in [2.05, 4.69) is 79.3 Å². The molecule has 0 atom stereocenters. The predicted octanol–water partition coefficient (Wildman–Crippen LogP) is 2.69. The molecular formula is C23H41N5O. The second kappa shape index (κ2) is 12.8. The van der Waals surface area contributed by atoms with Crippen molar-refractivity contribution < 1.29 is 4.74 Å². The Bertz CT molecular complexity index is 603. The molecule has 1 aliphatic rings. The van der Waals surface area contributed by atoms with E-state index >= 15 is 0 Å². The summed E-state index contributed by atoms with van der Waals surface area (Å²) in [6, 6.07) is 9.88. The number of hydrogen-bond acceptors (Lipinski definition) is 4. The minimum atomic E-state index is 0.547. The fourth-order valence-electron chi connectivity index (χ4n) is 3.77. The van der Waals surface area contributed by atoms with Crippen LogP contribution in [0.4, 0.5) is 0 Å². The van der Waals surface area contributed by atoms with Gasteiger partial charge in [-0.05, 0) is 45.7 Å². The monoisotopic (exact) mass is 403 g/mol. The molecule has 2 N–H and O–H groups in total. The molecule has 0 spiro atoms. The van der Waals surface area contributed by atoms with Crippen molar-refractivity contribution in [3.05, 3.63) is 35.4 Å². The molecule has 6 heteroatoms. The topological polar surface area (TPSA) is 52.1 Å². The first-order valence-electron chi connectivity index (χ1n) is 11.2. The number of aliphatic imine (C=N–C) groups is 1. The average molecular weight is 404 g/mol.